The number of methoxy groups -OCH3 is 1. The third-order valence-corrected chi connectivity index (χ3v) is 5.55. The minimum Gasteiger partial charge on any atom is -0.385 e. The van der Waals surface area contributed by atoms with Crippen LogP contribution in [0.15, 0.2) is 72.9 Å². The van der Waals surface area contributed by atoms with Crippen LogP contribution in [-0.2, 0) is 24.0 Å². The van der Waals surface area contributed by atoms with Gasteiger partial charge in [0.05, 0.1) is 0 Å². The van der Waals surface area contributed by atoms with Gasteiger partial charge < -0.3 is 4.74 Å². The fraction of sp³-hybridized carbons (Fsp3) is 0.207. The minimum absolute atomic E-state index is 0.632. The van der Waals surface area contributed by atoms with Gasteiger partial charge in [-0.15, -0.1) is 0 Å². The molecule has 3 aromatic carbocycles. The summed E-state index contributed by atoms with van der Waals surface area (Å²) in [5.41, 5.74) is 5.22. The van der Waals surface area contributed by atoms with Crippen LogP contribution < -0.4 is 0 Å². The molecule has 0 aliphatic carbocycles. The number of fused-ring (bicyclic) bond motifs is 1. The number of aromatic nitrogens is 1. The Morgan fingerprint density at radius 2 is 1.42 bits per heavy atom. The first-order valence-corrected chi connectivity index (χ1v) is 11.0. The number of benzene rings is 3. The molecule has 4 heteroatoms. The molecular weight excluding hydrogens is 416 g/mol. The first-order valence-electron chi connectivity index (χ1n) is 11.0. The van der Waals surface area contributed by atoms with Crippen LogP contribution in [0.2, 0.25) is 0 Å². The van der Waals surface area contributed by atoms with Crippen LogP contribution >= 0.6 is 0 Å². The number of hydrogen-bond donors (Lipinski definition) is 0. The van der Waals surface area contributed by atoms with Crippen LogP contribution in [0.1, 0.15) is 34.4 Å². The number of hydrogen-bond acceptors (Lipinski definition) is 2. The topological polar surface area (TPSA) is 22.1 Å². The molecule has 0 N–H and O–H groups in total. The highest BCUT2D eigenvalue weighted by molar-refractivity contribution is 5.84. The van der Waals surface area contributed by atoms with Crippen molar-refractivity contribution >= 4 is 10.8 Å². The van der Waals surface area contributed by atoms with Gasteiger partial charge in [0.2, 0.25) is 0 Å². The van der Waals surface area contributed by atoms with Crippen LogP contribution in [0.5, 0.6) is 0 Å². The first kappa shape index (κ1) is 22.6. The van der Waals surface area contributed by atoms with Gasteiger partial charge in [-0.2, -0.15) is 0 Å². The van der Waals surface area contributed by atoms with E-state index in [2.05, 4.69) is 41.1 Å². The van der Waals surface area contributed by atoms with Crippen LogP contribution in [0.25, 0.3) is 10.8 Å². The van der Waals surface area contributed by atoms with E-state index >= 15 is 0 Å². The highest BCUT2D eigenvalue weighted by Crippen LogP contribution is 2.20. The molecule has 4 rings (SSSR count). The molecule has 0 fully saturated rings. The number of rotatable bonds is 7. The van der Waals surface area contributed by atoms with Gasteiger partial charge in [-0.3, -0.25) is 4.98 Å². The highest BCUT2D eigenvalue weighted by Gasteiger charge is 2.04. The molecule has 0 unspecified atom stereocenters. The van der Waals surface area contributed by atoms with Gasteiger partial charge in [0.25, 0.3) is 0 Å². The van der Waals surface area contributed by atoms with E-state index in [1.54, 1.807) is 19.2 Å². The average Bonchev–Trinajstić information content (AvgIpc) is 2.84. The SMILES string of the molecule is COCCCc1ccc(CCc2ccc(C#Cc3ccc4cc(F)c(F)cc4c3)cc2)nc1. The number of halogens is 2. The van der Waals surface area contributed by atoms with Crippen molar-refractivity contribution < 1.29 is 13.5 Å². The van der Waals surface area contributed by atoms with E-state index in [4.69, 9.17) is 4.74 Å². The molecule has 0 aliphatic heterocycles. The van der Waals surface area contributed by atoms with Crippen molar-refractivity contribution in [3.63, 3.8) is 0 Å². The van der Waals surface area contributed by atoms with Crippen molar-refractivity contribution in [3.05, 3.63) is 113 Å². The molecule has 2 nitrogen and oxygen atoms in total. The Morgan fingerprint density at radius 3 is 2.15 bits per heavy atom. The molecule has 1 heterocycles. The lowest BCUT2D eigenvalue weighted by molar-refractivity contribution is 0.195. The van der Waals surface area contributed by atoms with Crippen molar-refractivity contribution in [2.24, 2.45) is 0 Å². The third kappa shape index (κ3) is 6.25. The molecule has 1 aromatic heterocycles. The second kappa shape index (κ2) is 10.8. The fourth-order valence-electron chi connectivity index (χ4n) is 3.66. The molecule has 0 saturated heterocycles. The lowest BCUT2D eigenvalue weighted by Crippen LogP contribution is -1.97. The predicted molar refractivity (Wildman–Crippen MR) is 128 cm³/mol. The van der Waals surface area contributed by atoms with E-state index in [0.29, 0.717) is 10.8 Å². The van der Waals surface area contributed by atoms with Crippen molar-refractivity contribution in [2.75, 3.05) is 13.7 Å². The van der Waals surface area contributed by atoms with E-state index in [0.717, 1.165) is 49.1 Å². The average molecular weight is 442 g/mol. The van der Waals surface area contributed by atoms with Crippen LogP contribution in [0.3, 0.4) is 0 Å². The Labute approximate surface area is 193 Å². The summed E-state index contributed by atoms with van der Waals surface area (Å²) in [7, 11) is 1.72. The van der Waals surface area contributed by atoms with Gasteiger partial charge in [-0.1, -0.05) is 36.1 Å². The largest absolute Gasteiger partial charge is 0.385 e. The molecule has 0 bridgehead atoms. The molecule has 0 saturated carbocycles. The Morgan fingerprint density at radius 1 is 0.727 bits per heavy atom. The van der Waals surface area contributed by atoms with Gasteiger partial charge in [-0.25, -0.2) is 8.78 Å². The predicted octanol–water partition coefficient (Wildman–Crippen LogP) is 6.28. The van der Waals surface area contributed by atoms with Gasteiger partial charge in [0, 0.05) is 36.7 Å². The molecule has 0 aliphatic rings. The van der Waals surface area contributed by atoms with Gasteiger partial charge in [0.1, 0.15) is 0 Å². The summed E-state index contributed by atoms with van der Waals surface area (Å²) in [6, 6.07) is 20.2. The Kier molecular flexibility index (Phi) is 7.44. The monoisotopic (exact) mass is 441 g/mol. The summed E-state index contributed by atoms with van der Waals surface area (Å²) in [5, 5.41) is 1.28. The van der Waals surface area contributed by atoms with E-state index in [9.17, 15) is 8.78 Å². The van der Waals surface area contributed by atoms with Crippen LogP contribution in [0, 0.1) is 23.5 Å². The van der Waals surface area contributed by atoms with Gasteiger partial charge >= 0.3 is 0 Å². The number of pyridine rings is 1. The minimum atomic E-state index is -0.851. The van der Waals surface area contributed by atoms with Crippen molar-refractivity contribution in [2.45, 2.75) is 25.7 Å². The maximum absolute atomic E-state index is 13.5. The normalized spacial score (nSPS) is 10.8. The van der Waals surface area contributed by atoms with E-state index in [1.807, 2.05) is 24.4 Å². The molecule has 0 spiro atoms. The fourth-order valence-corrected chi connectivity index (χ4v) is 3.66. The summed E-state index contributed by atoms with van der Waals surface area (Å²) in [6.45, 7) is 0.769. The Hall–Kier alpha value is -3.55. The van der Waals surface area contributed by atoms with Gasteiger partial charge in [-0.05, 0) is 90.0 Å². The molecule has 33 heavy (non-hydrogen) atoms. The van der Waals surface area contributed by atoms with Crippen LogP contribution in [-0.4, -0.2) is 18.7 Å². The molecular formula is C29H25F2NO. The zero-order chi connectivity index (χ0) is 23.0. The Bertz CT molecular complexity index is 1290. The number of nitrogens with zero attached hydrogens (tertiary/aromatic N) is 1. The maximum Gasteiger partial charge on any atom is 0.159 e. The summed E-state index contributed by atoms with van der Waals surface area (Å²) < 4.78 is 31.9. The molecule has 0 amide bonds. The maximum atomic E-state index is 13.5. The van der Waals surface area contributed by atoms with E-state index < -0.39 is 11.6 Å². The second-order valence-electron chi connectivity index (χ2n) is 8.03. The Balaban J connectivity index is 1.35. The smallest absolute Gasteiger partial charge is 0.159 e. The standard InChI is InChI=1S/C29H25F2NO/c1-33-16-2-3-24-12-15-27(32-20-24)14-11-22-6-4-21(5-7-22)8-9-23-10-13-25-18-28(30)29(31)19-26(25)17-23/h4-7,10,12-13,15,17-20H,2-3,11,14,16H2,1H3. The quantitative estimate of drug-likeness (QED) is 0.249. The van der Waals surface area contributed by atoms with E-state index in [1.165, 1.54) is 23.3 Å². The number of aryl methyl sites for hydroxylation is 3. The molecule has 166 valence electrons. The van der Waals surface area contributed by atoms with Gasteiger partial charge in [0.15, 0.2) is 11.6 Å². The van der Waals surface area contributed by atoms with Crippen molar-refractivity contribution in [3.8, 4) is 11.8 Å². The lowest BCUT2D eigenvalue weighted by atomic mass is 10.0. The molecule has 4 aromatic rings. The summed E-state index contributed by atoms with van der Waals surface area (Å²) in [4.78, 5) is 4.58. The van der Waals surface area contributed by atoms with E-state index in [-0.39, 0.29) is 0 Å². The van der Waals surface area contributed by atoms with Crippen molar-refractivity contribution in [1.82, 2.24) is 4.98 Å². The summed E-state index contributed by atoms with van der Waals surface area (Å²) in [6.07, 6.45) is 5.75. The summed E-state index contributed by atoms with van der Waals surface area (Å²) >= 11 is 0. The third-order valence-electron chi connectivity index (χ3n) is 5.55. The zero-order valence-corrected chi connectivity index (χ0v) is 18.6. The zero-order valence-electron chi connectivity index (χ0n) is 18.6. The second-order valence-corrected chi connectivity index (χ2v) is 8.03. The van der Waals surface area contributed by atoms with Crippen molar-refractivity contribution in [1.29, 1.82) is 0 Å². The lowest BCUT2D eigenvalue weighted by Gasteiger charge is -2.04. The molecule has 0 radical (unpaired) electrons. The highest BCUT2D eigenvalue weighted by atomic mass is 19.2. The summed E-state index contributed by atoms with van der Waals surface area (Å²) in [5.74, 6) is 4.55. The molecule has 0 atom stereocenters. The van der Waals surface area contributed by atoms with Crippen LogP contribution in [0.4, 0.5) is 8.78 Å². The number of ether oxygens (including phenoxy) is 1. The first-order chi connectivity index (χ1) is 16.1.